The first kappa shape index (κ1) is 26.1. The highest BCUT2D eigenvalue weighted by atomic mass is 16.5. The molecule has 0 bridgehead atoms. The fourth-order valence-electron chi connectivity index (χ4n) is 5.44. The molecule has 3 heterocycles. The SMILES string of the molecule is COc1cccc(-c2ccc(C(=O)Nc3ccc4nc(OCCN5CCCC5)c(N5CCCC5)nc4c3)cc2)c1. The fraction of sp³-hybridized carbons (Fsp3) is 0.344. The molecule has 8 nitrogen and oxygen atoms in total. The zero-order chi connectivity index (χ0) is 27.3. The van der Waals surface area contributed by atoms with Crippen molar-refractivity contribution in [1.29, 1.82) is 0 Å². The second-order valence-corrected chi connectivity index (χ2v) is 10.4. The van der Waals surface area contributed by atoms with Crippen LogP contribution in [0.25, 0.3) is 22.2 Å². The van der Waals surface area contributed by atoms with Gasteiger partial charge in [-0.25, -0.2) is 9.97 Å². The minimum Gasteiger partial charge on any atom is -0.497 e. The second-order valence-electron chi connectivity index (χ2n) is 10.4. The zero-order valence-corrected chi connectivity index (χ0v) is 22.9. The number of benzene rings is 3. The van der Waals surface area contributed by atoms with Crippen LogP contribution >= 0.6 is 0 Å². The molecule has 6 rings (SSSR count). The summed E-state index contributed by atoms with van der Waals surface area (Å²) in [7, 11) is 1.65. The van der Waals surface area contributed by atoms with Crippen LogP contribution in [-0.4, -0.2) is 67.2 Å². The predicted molar refractivity (Wildman–Crippen MR) is 159 cm³/mol. The van der Waals surface area contributed by atoms with Gasteiger partial charge in [-0.3, -0.25) is 9.69 Å². The van der Waals surface area contributed by atoms with Crippen LogP contribution in [0.5, 0.6) is 11.6 Å². The summed E-state index contributed by atoms with van der Waals surface area (Å²) < 4.78 is 11.5. The Kier molecular flexibility index (Phi) is 7.77. The third kappa shape index (κ3) is 5.87. The Morgan fingerprint density at radius 2 is 1.62 bits per heavy atom. The van der Waals surface area contributed by atoms with E-state index in [4.69, 9.17) is 19.4 Å². The second kappa shape index (κ2) is 11.9. The molecule has 3 aromatic carbocycles. The number of carbonyl (C=O) groups is 1. The Labute approximate surface area is 234 Å². The molecular formula is C32H35N5O3. The molecule has 2 aliphatic rings. The van der Waals surface area contributed by atoms with E-state index in [1.54, 1.807) is 7.11 Å². The number of methoxy groups -OCH3 is 1. The summed E-state index contributed by atoms with van der Waals surface area (Å²) in [6.07, 6.45) is 4.81. The Morgan fingerprint density at radius 1 is 0.850 bits per heavy atom. The highest BCUT2D eigenvalue weighted by Crippen LogP contribution is 2.31. The van der Waals surface area contributed by atoms with Gasteiger partial charge in [-0.05, 0) is 92.4 Å². The predicted octanol–water partition coefficient (Wildman–Crippen LogP) is 5.63. The molecule has 8 heteroatoms. The summed E-state index contributed by atoms with van der Waals surface area (Å²) in [6.45, 7) is 5.70. The molecule has 1 amide bonds. The number of nitrogens with zero attached hydrogens (tertiary/aromatic N) is 4. The number of nitrogens with one attached hydrogen (secondary N) is 1. The number of likely N-dealkylation sites (tertiary alicyclic amines) is 1. The van der Waals surface area contributed by atoms with Gasteiger partial charge in [-0.1, -0.05) is 24.3 Å². The lowest BCUT2D eigenvalue weighted by molar-refractivity contribution is 0.102. The van der Waals surface area contributed by atoms with Gasteiger partial charge in [0.2, 0.25) is 0 Å². The van der Waals surface area contributed by atoms with Crippen LogP contribution in [0.15, 0.2) is 66.7 Å². The average molecular weight is 538 g/mol. The van der Waals surface area contributed by atoms with Crippen molar-refractivity contribution in [2.75, 3.05) is 56.7 Å². The molecule has 1 N–H and O–H groups in total. The summed E-state index contributed by atoms with van der Waals surface area (Å²) >= 11 is 0. The van der Waals surface area contributed by atoms with E-state index in [2.05, 4.69) is 15.1 Å². The quantitative estimate of drug-likeness (QED) is 0.296. The monoisotopic (exact) mass is 537 g/mol. The van der Waals surface area contributed by atoms with Gasteiger partial charge in [-0.2, -0.15) is 0 Å². The molecular weight excluding hydrogens is 502 g/mol. The molecule has 0 spiro atoms. The lowest BCUT2D eigenvalue weighted by Crippen LogP contribution is -2.26. The summed E-state index contributed by atoms with van der Waals surface area (Å²) in [4.78, 5) is 27.6. The Balaban J connectivity index is 1.18. The first-order chi connectivity index (χ1) is 19.7. The molecule has 2 aliphatic heterocycles. The van der Waals surface area contributed by atoms with Crippen LogP contribution in [0.3, 0.4) is 0 Å². The third-order valence-corrected chi connectivity index (χ3v) is 7.67. The fourth-order valence-corrected chi connectivity index (χ4v) is 5.44. The summed E-state index contributed by atoms with van der Waals surface area (Å²) in [5.74, 6) is 2.02. The molecule has 0 atom stereocenters. The minimum atomic E-state index is -0.175. The first-order valence-electron chi connectivity index (χ1n) is 14.1. The third-order valence-electron chi connectivity index (χ3n) is 7.67. The van der Waals surface area contributed by atoms with Gasteiger partial charge >= 0.3 is 0 Å². The molecule has 2 fully saturated rings. The molecule has 40 heavy (non-hydrogen) atoms. The van der Waals surface area contributed by atoms with Gasteiger partial charge in [-0.15, -0.1) is 0 Å². The van der Waals surface area contributed by atoms with Gasteiger partial charge < -0.3 is 19.7 Å². The van der Waals surface area contributed by atoms with Gasteiger partial charge in [0.25, 0.3) is 11.8 Å². The van der Waals surface area contributed by atoms with Gasteiger partial charge in [0, 0.05) is 30.9 Å². The van der Waals surface area contributed by atoms with Crippen LogP contribution in [0, 0.1) is 0 Å². The normalized spacial score (nSPS) is 15.5. The van der Waals surface area contributed by atoms with Crippen molar-refractivity contribution in [3.63, 3.8) is 0 Å². The van der Waals surface area contributed by atoms with E-state index in [0.29, 0.717) is 23.7 Å². The molecule has 4 aromatic rings. The number of amides is 1. The van der Waals surface area contributed by atoms with Crippen molar-refractivity contribution in [3.8, 4) is 22.8 Å². The highest BCUT2D eigenvalue weighted by Gasteiger charge is 2.21. The zero-order valence-electron chi connectivity index (χ0n) is 22.9. The van der Waals surface area contributed by atoms with E-state index in [-0.39, 0.29) is 5.91 Å². The largest absolute Gasteiger partial charge is 0.497 e. The maximum atomic E-state index is 13.1. The first-order valence-corrected chi connectivity index (χ1v) is 14.1. The van der Waals surface area contributed by atoms with E-state index in [1.165, 1.54) is 12.8 Å². The van der Waals surface area contributed by atoms with Crippen LogP contribution in [-0.2, 0) is 0 Å². The standard InChI is InChI=1S/C32H35N5O3/c1-39-27-8-6-7-25(21-27)23-9-11-24(12-10-23)31(38)33-26-13-14-28-29(22-26)34-30(37-17-4-5-18-37)32(35-28)40-20-19-36-15-2-3-16-36/h6-14,21-22H,2-5,15-20H2,1H3,(H,33,38). The van der Waals surface area contributed by atoms with Gasteiger partial charge in [0.15, 0.2) is 5.82 Å². The van der Waals surface area contributed by atoms with Crippen LogP contribution in [0.4, 0.5) is 11.5 Å². The number of carbonyl (C=O) groups excluding carboxylic acids is 1. The van der Waals surface area contributed by atoms with Crippen LogP contribution in [0.1, 0.15) is 36.0 Å². The Bertz CT molecular complexity index is 1480. The maximum absolute atomic E-state index is 13.1. The molecule has 2 saturated heterocycles. The van der Waals surface area contributed by atoms with Crippen molar-refractivity contribution in [3.05, 3.63) is 72.3 Å². The van der Waals surface area contributed by atoms with Gasteiger partial charge in [0.1, 0.15) is 12.4 Å². The van der Waals surface area contributed by atoms with Crippen molar-refractivity contribution < 1.29 is 14.3 Å². The maximum Gasteiger partial charge on any atom is 0.258 e. The molecule has 0 saturated carbocycles. The van der Waals surface area contributed by atoms with Gasteiger partial charge in [0.05, 0.1) is 18.1 Å². The topological polar surface area (TPSA) is 79.8 Å². The van der Waals surface area contributed by atoms with E-state index < -0.39 is 0 Å². The van der Waals surface area contributed by atoms with E-state index in [1.807, 2.05) is 66.7 Å². The number of anilines is 2. The molecule has 0 radical (unpaired) electrons. The van der Waals surface area contributed by atoms with E-state index in [0.717, 1.165) is 79.3 Å². The summed E-state index contributed by atoms with van der Waals surface area (Å²) in [5.41, 5.74) is 4.80. The van der Waals surface area contributed by atoms with Crippen molar-refractivity contribution in [1.82, 2.24) is 14.9 Å². The van der Waals surface area contributed by atoms with Crippen molar-refractivity contribution in [2.24, 2.45) is 0 Å². The highest BCUT2D eigenvalue weighted by molar-refractivity contribution is 6.05. The number of ether oxygens (including phenoxy) is 2. The summed E-state index contributed by atoms with van der Waals surface area (Å²) in [5, 5.41) is 3.02. The number of aromatic nitrogens is 2. The Morgan fingerprint density at radius 3 is 2.40 bits per heavy atom. The number of hydrogen-bond acceptors (Lipinski definition) is 7. The van der Waals surface area contributed by atoms with Crippen molar-refractivity contribution >= 4 is 28.4 Å². The lowest BCUT2D eigenvalue weighted by atomic mass is 10.0. The number of fused-ring (bicyclic) bond motifs is 1. The Hall–Kier alpha value is -4.17. The average Bonchev–Trinajstić information content (AvgIpc) is 3.72. The minimum absolute atomic E-state index is 0.175. The smallest absolute Gasteiger partial charge is 0.258 e. The van der Waals surface area contributed by atoms with E-state index in [9.17, 15) is 4.79 Å². The molecule has 0 aliphatic carbocycles. The number of hydrogen-bond donors (Lipinski definition) is 1. The summed E-state index contributed by atoms with van der Waals surface area (Å²) in [6, 6.07) is 21.1. The molecule has 1 aromatic heterocycles. The lowest BCUT2D eigenvalue weighted by Gasteiger charge is -2.21. The van der Waals surface area contributed by atoms with E-state index >= 15 is 0 Å². The molecule has 206 valence electrons. The number of rotatable bonds is 9. The van der Waals surface area contributed by atoms with Crippen LogP contribution < -0.4 is 19.7 Å². The van der Waals surface area contributed by atoms with Crippen molar-refractivity contribution in [2.45, 2.75) is 25.7 Å². The molecule has 0 unspecified atom stereocenters. The van der Waals surface area contributed by atoms with Crippen LogP contribution in [0.2, 0.25) is 0 Å².